The number of aliphatic hydroxyl groups is 1. The second-order valence-corrected chi connectivity index (χ2v) is 5.77. The van der Waals surface area contributed by atoms with Crippen LogP contribution in [0.5, 0.6) is 0 Å². The van der Waals surface area contributed by atoms with Crippen molar-refractivity contribution in [3.8, 4) is 0 Å². The van der Waals surface area contributed by atoms with E-state index in [-0.39, 0.29) is 17.1 Å². The lowest BCUT2D eigenvalue weighted by Crippen LogP contribution is -2.50. The fraction of sp³-hybridized carbons (Fsp3) is 0.833. The topological polar surface area (TPSA) is 23.5 Å². The third-order valence-electron chi connectivity index (χ3n) is 4.01. The number of nitrogens with zero attached hydrogens (tertiary/aromatic N) is 1. The van der Waals surface area contributed by atoms with Gasteiger partial charge in [-0.3, -0.25) is 4.90 Å². The summed E-state index contributed by atoms with van der Waals surface area (Å²) in [6.45, 7) is 12.9. The first-order chi connectivity index (χ1) is 6.38. The summed E-state index contributed by atoms with van der Waals surface area (Å²) in [4.78, 5) is 2.43. The van der Waals surface area contributed by atoms with E-state index in [4.69, 9.17) is 0 Å². The standard InChI is InChI=1S/C12H21NO/c1-9-5-6-13-8-10(14)7-12(9,13)11(2,3)4/h10,14H,1,5-8H2,2-4H3/t10-,12?/m0/s1. The second-order valence-electron chi connectivity index (χ2n) is 5.77. The van der Waals surface area contributed by atoms with Gasteiger partial charge in [0.15, 0.2) is 0 Å². The van der Waals surface area contributed by atoms with E-state index in [0.29, 0.717) is 0 Å². The number of fused-ring (bicyclic) bond motifs is 1. The Morgan fingerprint density at radius 3 is 2.64 bits per heavy atom. The largest absolute Gasteiger partial charge is 0.392 e. The molecule has 1 unspecified atom stereocenters. The molecule has 0 spiro atoms. The van der Waals surface area contributed by atoms with Gasteiger partial charge in [-0.25, -0.2) is 0 Å². The van der Waals surface area contributed by atoms with E-state index in [1.54, 1.807) is 0 Å². The van der Waals surface area contributed by atoms with Crippen LogP contribution in [0.1, 0.15) is 33.6 Å². The van der Waals surface area contributed by atoms with Crippen molar-refractivity contribution in [1.29, 1.82) is 0 Å². The summed E-state index contributed by atoms with van der Waals surface area (Å²) in [6.07, 6.45) is 1.81. The Morgan fingerprint density at radius 1 is 1.50 bits per heavy atom. The molecule has 0 aromatic carbocycles. The number of rotatable bonds is 0. The van der Waals surface area contributed by atoms with Crippen molar-refractivity contribution >= 4 is 0 Å². The van der Waals surface area contributed by atoms with E-state index in [9.17, 15) is 5.11 Å². The van der Waals surface area contributed by atoms with Crippen molar-refractivity contribution in [1.82, 2.24) is 4.90 Å². The maximum atomic E-state index is 9.80. The SMILES string of the molecule is C=C1CCN2C[C@@H](O)CC12C(C)(C)C. The molecule has 2 rings (SSSR count). The molecule has 2 aliphatic heterocycles. The zero-order valence-electron chi connectivity index (χ0n) is 9.51. The van der Waals surface area contributed by atoms with Crippen molar-refractivity contribution in [3.63, 3.8) is 0 Å². The Hall–Kier alpha value is -0.340. The van der Waals surface area contributed by atoms with E-state index < -0.39 is 0 Å². The van der Waals surface area contributed by atoms with Gasteiger partial charge in [-0.15, -0.1) is 0 Å². The third kappa shape index (κ3) is 1.10. The monoisotopic (exact) mass is 195 g/mol. The minimum absolute atomic E-state index is 0.0619. The molecule has 80 valence electrons. The van der Waals surface area contributed by atoms with Crippen LogP contribution in [0.2, 0.25) is 0 Å². The molecule has 0 radical (unpaired) electrons. The average Bonchev–Trinajstić information content (AvgIpc) is 2.49. The van der Waals surface area contributed by atoms with Gasteiger partial charge in [-0.1, -0.05) is 32.9 Å². The third-order valence-corrected chi connectivity index (χ3v) is 4.01. The lowest BCUT2D eigenvalue weighted by molar-refractivity contribution is 0.0924. The van der Waals surface area contributed by atoms with Gasteiger partial charge >= 0.3 is 0 Å². The molecule has 0 bridgehead atoms. The predicted octanol–water partition coefficient (Wildman–Crippen LogP) is 1.80. The highest BCUT2D eigenvalue weighted by molar-refractivity contribution is 5.30. The second kappa shape index (κ2) is 2.83. The summed E-state index contributed by atoms with van der Waals surface area (Å²) in [5, 5.41) is 9.80. The van der Waals surface area contributed by atoms with Crippen LogP contribution in [0.15, 0.2) is 12.2 Å². The lowest BCUT2D eigenvalue weighted by Gasteiger charge is -2.44. The molecule has 0 aromatic heterocycles. The number of aliphatic hydroxyl groups excluding tert-OH is 1. The predicted molar refractivity (Wildman–Crippen MR) is 58.1 cm³/mol. The van der Waals surface area contributed by atoms with Crippen LogP contribution in [-0.2, 0) is 0 Å². The fourth-order valence-corrected chi connectivity index (χ4v) is 3.38. The minimum Gasteiger partial charge on any atom is -0.392 e. The van der Waals surface area contributed by atoms with E-state index in [1.165, 1.54) is 5.57 Å². The van der Waals surface area contributed by atoms with Crippen LogP contribution in [0, 0.1) is 5.41 Å². The maximum Gasteiger partial charge on any atom is 0.0688 e. The number of β-amino-alcohol motifs (C(OH)–C–C–N with tert-alkyl or cyclic N) is 1. The summed E-state index contributed by atoms with van der Waals surface area (Å²) in [5.41, 5.74) is 1.56. The molecule has 2 saturated heterocycles. The summed E-state index contributed by atoms with van der Waals surface area (Å²) in [7, 11) is 0. The first-order valence-electron chi connectivity index (χ1n) is 5.49. The van der Waals surface area contributed by atoms with Crippen molar-refractivity contribution in [2.24, 2.45) is 5.41 Å². The molecule has 0 amide bonds. The van der Waals surface area contributed by atoms with E-state index in [1.807, 2.05) is 0 Å². The van der Waals surface area contributed by atoms with Gasteiger partial charge in [0.25, 0.3) is 0 Å². The molecule has 0 aromatic rings. The fourth-order valence-electron chi connectivity index (χ4n) is 3.38. The molecule has 0 saturated carbocycles. The van der Waals surface area contributed by atoms with Gasteiger partial charge in [0.05, 0.1) is 6.10 Å². The summed E-state index contributed by atoms with van der Waals surface area (Å²) < 4.78 is 0. The number of hydrogen-bond donors (Lipinski definition) is 1. The highest BCUT2D eigenvalue weighted by atomic mass is 16.3. The Bertz CT molecular complexity index is 266. The molecular weight excluding hydrogens is 174 g/mol. The molecule has 1 N–H and O–H groups in total. The van der Waals surface area contributed by atoms with Crippen LogP contribution >= 0.6 is 0 Å². The van der Waals surface area contributed by atoms with Crippen molar-refractivity contribution < 1.29 is 5.11 Å². The molecule has 2 atom stereocenters. The van der Waals surface area contributed by atoms with Gasteiger partial charge in [0, 0.05) is 18.6 Å². The van der Waals surface area contributed by atoms with Gasteiger partial charge in [0.1, 0.15) is 0 Å². The van der Waals surface area contributed by atoms with Crippen LogP contribution in [0.3, 0.4) is 0 Å². The Morgan fingerprint density at radius 2 is 2.14 bits per heavy atom. The van der Waals surface area contributed by atoms with Gasteiger partial charge in [-0.05, 0) is 18.3 Å². The smallest absolute Gasteiger partial charge is 0.0688 e. The van der Waals surface area contributed by atoms with Gasteiger partial charge in [0.2, 0.25) is 0 Å². The average molecular weight is 195 g/mol. The maximum absolute atomic E-state index is 9.80. The molecule has 2 heteroatoms. The van der Waals surface area contributed by atoms with Crippen molar-refractivity contribution in [2.45, 2.75) is 45.3 Å². The Balaban J connectivity index is 2.41. The zero-order valence-corrected chi connectivity index (χ0v) is 9.51. The summed E-state index contributed by atoms with van der Waals surface area (Å²) in [6, 6.07) is 0. The quantitative estimate of drug-likeness (QED) is 0.596. The van der Waals surface area contributed by atoms with Gasteiger partial charge in [-0.2, -0.15) is 0 Å². The highest BCUT2D eigenvalue weighted by Crippen LogP contribution is 2.52. The minimum atomic E-state index is -0.161. The van der Waals surface area contributed by atoms with E-state index in [0.717, 1.165) is 25.9 Å². The normalized spacial score (nSPS) is 39.1. The van der Waals surface area contributed by atoms with Gasteiger partial charge < -0.3 is 5.11 Å². The first kappa shape index (κ1) is 10.2. The molecule has 2 nitrogen and oxygen atoms in total. The molecular formula is C12H21NO. The van der Waals surface area contributed by atoms with Crippen LogP contribution in [0.25, 0.3) is 0 Å². The zero-order chi connectivity index (χ0) is 10.6. The van der Waals surface area contributed by atoms with E-state index in [2.05, 4.69) is 32.3 Å². The summed E-state index contributed by atoms with van der Waals surface area (Å²) >= 11 is 0. The molecule has 2 aliphatic rings. The molecule has 2 heterocycles. The lowest BCUT2D eigenvalue weighted by atomic mass is 9.69. The Kier molecular flexibility index (Phi) is 2.06. The summed E-state index contributed by atoms with van der Waals surface area (Å²) in [5.74, 6) is 0. The van der Waals surface area contributed by atoms with Crippen LogP contribution < -0.4 is 0 Å². The van der Waals surface area contributed by atoms with Crippen molar-refractivity contribution in [3.05, 3.63) is 12.2 Å². The number of hydrogen-bond acceptors (Lipinski definition) is 2. The first-order valence-corrected chi connectivity index (χ1v) is 5.49. The van der Waals surface area contributed by atoms with Crippen LogP contribution in [-0.4, -0.2) is 34.7 Å². The Labute approximate surface area is 86.6 Å². The molecule has 0 aliphatic carbocycles. The molecule has 2 fully saturated rings. The molecule has 14 heavy (non-hydrogen) atoms. The van der Waals surface area contributed by atoms with E-state index >= 15 is 0 Å². The van der Waals surface area contributed by atoms with Crippen molar-refractivity contribution in [2.75, 3.05) is 13.1 Å². The van der Waals surface area contributed by atoms with Crippen LogP contribution in [0.4, 0.5) is 0 Å². The highest BCUT2D eigenvalue weighted by Gasteiger charge is 2.56.